The minimum absolute atomic E-state index is 0.0623. The van der Waals surface area contributed by atoms with Crippen molar-refractivity contribution in [2.24, 2.45) is 0 Å². The van der Waals surface area contributed by atoms with Crippen LogP contribution in [0.25, 0.3) is 11.0 Å². The van der Waals surface area contributed by atoms with E-state index in [1.54, 1.807) is 16.9 Å². The summed E-state index contributed by atoms with van der Waals surface area (Å²) in [5.74, 6) is -1.04. The molecule has 11 nitrogen and oxygen atoms in total. The zero-order valence-electron chi connectivity index (χ0n) is 14.4. The number of carbonyl (C=O) groups is 2. The number of hydrogen-bond donors (Lipinski definition) is 3. The van der Waals surface area contributed by atoms with E-state index >= 15 is 0 Å². The van der Waals surface area contributed by atoms with Crippen molar-refractivity contribution in [2.75, 3.05) is 18.2 Å². The van der Waals surface area contributed by atoms with Gasteiger partial charge in [0, 0.05) is 6.20 Å². The number of nitrogen functional groups attached to an aromatic ring is 1. The number of methoxy groups -OCH3 is 1. The molecule has 0 fully saturated rings. The van der Waals surface area contributed by atoms with Crippen molar-refractivity contribution < 1.29 is 22.7 Å². The SMILES string of the molecule is COC(=O)c1ccccc1S(=O)(=O)NC(=O)Nc1nc(N)c2cccnc2n1. The second-order valence-electron chi connectivity index (χ2n) is 5.35. The van der Waals surface area contributed by atoms with E-state index in [1.807, 2.05) is 0 Å². The molecule has 144 valence electrons. The molecule has 2 aromatic heterocycles. The van der Waals surface area contributed by atoms with Crippen molar-refractivity contribution in [3.63, 3.8) is 0 Å². The number of fused-ring (bicyclic) bond motifs is 1. The van der Waals surface area contributed by atoms with Crippen LogP contribution in [0.15, 0.2) is 47.5 Å². The summed E-state index contributed by atoms with van der Waals surface area (Å²) in [4.78, 5) is 35.4. The normalized spacial score (nSPS) is 11.0. The molecule has 3 aromatic rings. The molecule has 0 atom stereocenters. The van der Waals surface area contributed by atoms with Crippen LogP contribution < -0.4 is 15.8 Å². The van der Waals surface area contributed by atoms with Crippen LogP contribution in [-0.2, 0) is 14.8 Å². The van der Waals surface area contributed by atoms with Crippen LogP contribution in [0.2, 0.25) is 0 Å². The van der Waals surface area contributed by atoms with Gasteiger partial charge in [0.15, 0.2) is 5.65 Å². The van der Waals surface area contributed by atoms with Gasteiger partial charge >= 0.3 is 12.0 Å². The van der Waals surface area contributed by atoms with Crippen LogP contribution in [0.3, 0.4) is 0 Å². The van der Waals surface area contributed by atoms with Crippen LogP contribution in [0.5, 0.6) is 0 Å². The Labute approximate surface area is 159 Å². The van der Waals surface area contributed by atoms with Crippen LogP contribution in [-0.4, -0.2) is 42.5 Å². The highest BCUT2D eigenvalue weighted by atomic mass is 32.2. The van der Waals surface area contributed by atoms with Gasteiger partial charge in [-0.15, -0.1) is 0 Å². The fraction of sp³-hybridized carbons (Fsp3) is 0.0625. The first kappa shape index (κ1) is 19.0. The lowest BCUT2D eigenvalue weighted by molar-refractivity contribution is 0.0596. The number of sulfonamides is 1. The molecule has 0 aliphatic carbocycles. The summed E-state index contributed by atoms with van der Waals surface area (Å²) in [6.45, 7) is 0. The van der Waals surface area contributed by atoms with Crippen molar-refractivity contribution in [3.8, 4) is 0 Å². The van der Waals surface area contributed by atoms with E-state index in [0.717, 1.165) is 13.2 Å². The number of esters is 1. The maximum atomic E-state index is 12.5. The molecule has 2 amide bonds. The number of aromatic nitrogens is 3. The van der Waals surface area contributed by atoms with Crippen molar-refractivity contribution in [2.45, 2.75) is 4.90 Å². The van der Waals surface area contributed by atoms with E-state index in [2.05, 4.69) is 25.0 Å². The van der Waals surface area contributed by atoms with Crippen molar-refractivity contribution in [1.29, 1.82) is 0 Å². The van der Waals surface area contributed by atoms with Crippen LogP contribution >= 0.6 is 0 Å². The van der Waals surface area contributed by atoms with Gasteiger partial charge in [-0.25, -0.2) is 27.7 Å². The third-order valence-electron chi connectivity index (χ3n) is 3.54. The highest BCUT2D eigenvalue weighted by Gasteiger charge is 2.25. The number of hydrogen-bond acceptors (Lipinski definition) is 9. The third-order valence-corrected chi connectivity index (χ3v) is 4.92. The maximum Gasteiger partial charge on any atom is 0.339 e. The summed E-state index contributed by atoms with van der Waals surface area (Å²) >= 11 is 0. The molecular weight excluding hydrogens is 388 g/mol. The maximum absolute atomic E-state index is 12.5. The summed E-state index contributed by atoms with van der Waals surface area (Å²) in [6, 6.07) is 7.44. The predicted molar refractivity (Wildman–Crippen MR) is 98.9 cm³/mol. The summed E-state index contributed by atoms with van der Waals surface area (Å²) in [7, 11) is -3.27. The van der Waals surface area contributed by atoms with Gasteiger partial charge in [-0.2, -0.15) is 9.97 Å². The van der Waals surface area contributed by atoms with Crippen molar-refractivity contribution in [1.82, 2.24) is 19.7 Å². The molecule has 0 radical (unpaired) electrons. The number of carbonyl (C=O) groups excluding carboxylic acids is 2. The molecule has 2 heterocycles. The Hall–Kier alpha value is -3.80. The van der Waals surface area contributed by atoms with Gasteiger partial charge in [-0.05, 0) is 24.3 Å². The largest absolute Gasteiger partial charge is 0.465 e. The van der Waals surface area contributed by atoms with E-state index in [9.17, 15) is 18.0 Å². The van der Waals surface area contributed by atoms with Crippen molar-refractivity contribution >= 4 is 44.8 Å². The predicted octanol–water partition coefficient (Wildman–Crippen LogP) is 0.904. The molecule has 0 aliphatic heterocycles. The summed E-state index contributed by atoms with van der Waals surface area (Å²) in [5, 5.41) is 2.66. The van der Waals surface area contributed by atoms with Crippen LogP contribution in [0.4, 0.5) is 16.6 Å². The summed E-state index contributed by atoms with van der Waals surface area (Å²) in [6.07, 6.45) is 1.48. The van der Waals surface area contributed by atoms with Crippen LogP contribution in [0, 0.1) is 0 Å². The molecule has 0 saturated carbocycles. The molecule has 1 aromatic carbocycles. The molecule has 0 unspecified atom stereocenters. The molecule has 0 aliphatic rings. The average Bonchev–Trinajstić information content (AvgIpc) is 2.67. The zero-order chi connectivity index (χ0) is 20.3. The molecule has 12 heteroatoms. The first-order valence-electron chi connectivity index (χ1n) is 7.71. The minimum Gasteiger partial charge on any atom is -0.465 e. The molecule has 4 N–H and O–H groups in total. The first-order valence-corrected chi connectivity index (χ1v) is 9.19. The number of rotatable bonds is 4. The lowest BCUT2D eigenvalue weighted by Gasteiger charge is -2.11. The highest BCUT2D eigenvalue weighted by Crippen LogP contribution is 2.18. The topological polar surface area (TPSA) is 166 Å². The summed E-state index contributed by atoms with van der Waals surface area (Å²) < 4.78 is 31.3. The average molecular weight is 402 g/mol. The number of nitrogens with two attached hydrogens (primary N) is 1. The number of ether oxygens (including phenoxy) is 1. The molecule has 0 spiro atoms. The third kappa shape index (κ3) is 3.81. The Morgan fingerprint density at radius 2 is 1.86 bits per heavy atom. The number of nitrogens with one attached hydrogen (secondary N) is 2. The fourth-order valence-electron chi connectivity index (χ4n) is 2.33. The number of amides is 2. The number of benzene rings is 1. The highest BCUT2D eigenvalue weighted by molar-refractivity contribution is 7.90. The van der Waals surface area contributed by atoms with Gasteiger partial charge in [-0.3, -0.25) is 5.32 Å². The Morgan fingerprint density at radius 1 is 1.11 bits per heavy atom. The van der Waals surface area contributed by atoms with E-state index in [4.69, 9.17) is 5.73 Å². The zero-order valence-corrected chi connectivity index (χ0v) is 15.2. The van der Waals surface area contributed by atoms with Crippen molar-refractivity contribution in [3.05, 3.63) is 48.2 Å². The molecule has 3 rings (SSSR count). The Morgan fingerprint density at radius 3 is 2.61 bits per heavy atom. The number of anilines is 2. The van der Waals surface area contributed by atoms with Gasteiger partial charge in [0.05, 0.1) is 18.1 Å². The number of nitrogens with zero attached hydrogens (tertiary/aromatic N) is 3. The van der Waals surface area contributed by atoms with E-state index in [1.165, 1.54) is 24.4 Å². The summed E-state index contributed by atoms with van der Waals surface area (Å²) in [5.41, 5.74) is 5.79. The second kappa shape index (κ2) is 7.44. The van der Waals surface area contributed by atoms with Gasteiger partial charge in [0.2, 0.25) is 5.95 Å². The Bertz CT molecular complexity index is 1180. The quantitative estimate of drug-likeness (QED) is 0.537. The number of urea groups is 1. The molecule has 0 saturated heterocycles. The fourth-order valence-corrected chi connectivity index (χ4v) is 3.43. The van der Waals surface area contributed by atoms with Crippen LogP contribution in [0.1, 0.15) is 10.4 Å². The lowest BCUT2D eigenvalue weighted by atomic mass is 10.2. The Balaban J connectivity index is 1.84. The molecule has 28 heavy (non-hydrogen) atoms. The van der Waals surface area contributed by atoms with E-state index < -0.39 is 26.9 Å². The van der Waals surface area contributed by atoms with E-state index in [0.29, 0.717) is 5.39 Å². The van der Waals surface area contributed by atoms with Gasteiger partial charge in [0.25, 0.3) is 10.0 Å². The lowest BCUT2D eigenvalue weighted by Crippen LogP contribution is -2.35. The van der Waals surface area contributed by atoms with Gasteiger partial charge < -0.3 is 10.5 Å². The smallest absolute Gasteiger partial charge is 0.339 e. The monoisotopic (exact) mass is 402 g/mol. The minimum atomic E-state index is -4.38. The van der Waals surface area contributed by atoms with Gasteiger partial charge in [0.1, 0.15) is 10.7 Å². The first-order chi connectivity index (χ1) is 13.3. The Kier molecular flexibility index (Phi) is 5.04. The standard InChI is InChI=1S/C16H14N6O5S/c1-27-14(23)9-5-2-3-7-11(9)28(25,26)22-16(24)21-15-19-12(17)10-6-4-8-18-13(10)20-15/h2-8H,1H3,(H4,17,18,19,20,21,22,24). The van der Waals surface area contributed by atoms with E-state index in [-0.39, 0.29) is 23.0 Å². The molecule has 0 bridgehead atoms. The van der Waals surface area contributed by atoms with Gasteiger partial charge in [-0.1, -0.05) is 12.1 Å². The second-order valence-corrected chi connectivity index (χ2v) is 7.01. The number of pyridine rings is 1. The molecular formula is C16H14N6O5S.